The average molecular weight is 222 g/mol. The first-order chi connectivity index (χ1) is 8.29. The van der Waals surface area contributed by atoms with Crippen LogP contribution in [0.5, 0.6) is 0 Å². The van der Waals surface area contributed by atoms with E-state index in [2.05, 4.69) is 74.5 Å². The summed E-state index contributed by atoms with van der Waals surface area (Å²) in [6.07, 6.45) is 5.43. The van der Waals surface area contributed by atoms with Crippen LogP contribution in [0.15, 0.2) is 54.6 Å². The second-order valence-electron chi connectivity index (χ2n) is 4.30. The van der Waals surface area contributed by atoms with Gasteiger partial charge in [0.25, 0.3) is 0 Å². The largest absolute Gasteiger partial charge is 0.0842 e. The first-order valence-electron chi connectivity index (χ1n) is 6.13. The lowest BCUT2D eigenvalue weighted by atomic mass is 10.0. The Labute approximate surface area is 104 Å². The molecule has 0 heteroatoms. The van der Waals surface area contributed by atoms with Gasteiger partial charge >= 0.3 is 0 Å². The van der Waals surface area contributed by atoms with E-state index in [9.17, 15) is 0 Å². The van der Waals surface area contributed by atoms with Crippen LogP contribution >= 0.6 is 0 Å². The molecule has 0 amide bonds. The summed E-state index contributed by atoms with van der Waals surface area (Å²) in [7, 11) is 0. The summed E-state index contributed by atoms with van der Waals surface area (Å²) in [5.41, 5.74) is 5.12. The molecule has 0 saturated carbocycles. The number of hydrogen-bond donors (Lipinski definition) is 0. The number of aryl methyl sites for hydroxylation is 1. The zero-order chi connectivity index (χ0) is 12.1. The van der Waals surface area contributed by atoms with Gasteiger partial charge in [0.05, 0.1) is 0 Å². The van der Waals surface area contributed by atoms with Gasteiger partial charge in [-0.1, -0.05) is 73.2 Å². The van der Waals surface area contributed by atoms with Crippen LogP contribution in [0.1, 0.15) is 24.5 Å². The first kappa shape index (κ1) is 11.7. The average Bonchev–Trinajstić information content (AvgIpc) is 2.38. The molecule has 0 atom stereocenters. The van der Waals surface area contributed by atoms with Crippen molar-refractivity contribution >= 4 is 6.08 Å². The van der Waals surface area contributed by atoms with Crippen LogP contribution in [0, 0.1) is 6.92 Å². The molecule has 0 aliphatic rings. The lowest BCUT2D eigenvalue weighted by molar-refractivity contribution is 1.23. The van der Waals surface area contributed by atoms with Gasteiger partial charge in [0.2, 0.25) is 0 Å². The molecule has 0 aliphatic carbocycles. The summed E-state index contributed by atoms with van der Waals surface area (Å²) < 4.78 is 0. The molecule has 0 spiro atoms. The molecule has 0 aliphatic heterocycles. The molecule has 0 heterocycles. The fraction of sp³-hybridized carbons (Fsp3) is 0.176. The van der Waals surface area contributed by atoms with E-state index in [1.165, 1.54) is 22.3 Å². The Balaban J connectivity index is 2.23. The molecule has 0 N–H and O–H groups in total. The number of hydrogen-bond acceptors (Lipinski definition) is 0. The maximum absolute atomic E-state index is 2.18. The predicted octanol–water partition coefficient (Wildman–Crippen LogP) is 5.09. The van der Waals surface area contributed by atoms with Crippen LogP contribution in [0.3, 0.4) is 0 Å². The Hall–Kier alpha value is -1.82. The van der Waals surface area contributed by atoms with Crippen LogP contribution in [-0.2, 0) is 0 Å². The maximum Gasteiger partial charge on any atom is -0.0184 e. The summed E-state index contributed by atoms with van der Waals surface area (Å²) in [5, 5.41) is 0. The van der Waals surface area contributed by atoms with Gasteiger partial charge in [0, 0.05) is 0 Å². The third-order valence-corrected chi connectivity index (χ3v) is 2.84. The van der Waals surface area contributed by atoms with Crippen molar-refractivity contribution in [2.45, 2.75) is 20.3 Å². The summed E-state index contributed by atoms with van der Waals surface area (Å²) in [4.78, 5) is 0. The van der Waals surface area contributed by atoms with Gasteiger partial charge < -0.3 is 0 Å². The van der Waals surface area contributed by atoms with E-state index < -0.39 is 0 Å². The Morgan fingerprint density at radius 1 is 0.824 bits per heavy atom. The van der Waals surface area contributed by atoms with Crippen LogP contribution in [0.2, 0.25) is 0 Å². The Morgan fingerprint density at radius 3 is 1.88 bits per heavy atom. The van der Waals surface area contributed by atoms with Crippen molar-refractivity contribution < 1.29 is 0 Å². The van der Waals surface area contributed by atoms with Gasteiger partial charge in [-0.15, -0.1) is 0 Å². The van der Waals surface area contributed by atoms with Crippen molar-refractivity contribution in [2.75, 3.05) is 0 Å². The van der Waals surface area contributed by atoms with Gasteiger partial charge in [-0.3, -0.25) is 0 Å². The molecule has 2 rings (SSSR count). The monoisotopic (exact) mass is 222 g/mol. The zero-order valence-electron chi connectivity index (χ0n) is 10.5. The zero-order valence-corrected chi connectivity index (χ0v) is 10.5. The first-order valence-corrected chi connectivity index (χ1v) is 6.13. The SMILES string of the molecule is CC/C=C/c1ccc(-c2ccc(C)cc2)cc1. The quantitative estimate of drug-likeness (QED) is 0.679. The minimum atomic E-state index is 1.08. The molecule has 0 unspecified atom stereocenters. The molecule has 0 nitrogen and oxygen atoms in total. The van der Waals surface area contributed by atoms with Crippen molar-refractivity contribution in [1.82, 2.24) is 0 Å². The molecule has 2 aromatic carbocycles. The highest BCUT2D eigenvalue weighted by Gasteiger charge is 1.96. The van der Waals surface area contributed by atoms with E-state index in [-0.39, 0.29) is 0 Å². The van der Waals surface area contributed by atoms with Crippen molar-refractivity contribution in [3.63, 3.8) is 0 Å². The van der Waals surface area contributed by atoms with Crippen LogP contribution in [-0.4, -0.2) is 0 Å². The summed E-state index contributed by atoms with van der Waals surface area (Å²) in [6, 6.07) is 17.3. The predicted molar refractivity (Wildman–Crippen MR) is 75.9 cm³/mol. The van der Waals surface area contributed by atoms with Gasteiger partial charge in [-0.25, -0.2) is 0 Å². The van der Waals surface area contributed by atoms with Gasteiger partial charge in [-0.05, 0) is 30.0 Å². The normalized spacial score (nSPS) is 10.9. The molecule has 0 bridgehead atoms. The summed E-state index contributed by atoms with van der Waals surface area (Å²) >= 11 is 0. The van der Waals surface area contributed by atoms with Crippen molar-refractivity contribution in [2.24, 2.45) is 0 Å². The topological polar surface area (TPSA) is 0 Å². The van der Waals surface area contributed by atoms with Crippen molar-refractivity contribution in [1.29, 1.82) is 0 Å². The molecular weight excluding hydrogens is 204 g/mol. The molecule has 0 aromatic heterocycles. The Bertz CT molecular complexity index is 487. The Kier molecular flexibility index (Phi) is 3.77. The van der Waals surface area contributed by atoms with Crippen molar-refractivity contribution in [3.05, 3.63) is 65.7 Å². The second kappa shape index (κ2) is 5.49. The third-order valence-electron chi connectivity index (χ3n) is 2.84. The minimum Gasteiger partial charge on any atom is -0.0842 e. The molecule has 0 saturated heterocycles. The van der Waals surface area contributed by atoms with Crippen molar-refractivity contribution in [3.8, 4) is 11.1 Å². The molecule has 0 radical (unpaired) electrons. The highest BCUT2D eigenvalue weighted by molar-refractivity contribution is 5.65. The molecular formula is C17H18. The lowest BCUT2D eigenvalue weighted by Crippen LogP contribution is -1.79. The van der Waals surface area contributed by atoms with E-state index in [1.807, 2.05) is 0 Å². The fourth-order valence-electron chi connectivity index (χ4n) is 1.79. The van der Waals surface area contributed by atoms with Crippen LogP contribution in [0.25, 0.3) is 17.2 Å². The molecule has 86 valence electrons. The van der Waals surface area contributed by atoms with E-state index in [4.69, 9.17) is 0 Å². The fourth-order valence-corrected chi connectivity index (χ4v) is 1.79. The standard InChI is InChI=1S/C17H18/c1-3-4-5-15-8-12-17(13-9-15)16-10-6-14(2)7-11-16/h4-13H,3H2,1-2H3/b5-4+. The second-order valence-corrected chi connectivity index (χ2v) is 4.30. The van der Waals surface area contributed by atoms with Gasteiger partial charge in [0.1, 0.15) is 0 Å². The molecule has 2 aromatic rings. The number of rotatable bonds is 3. The number of benzene rings is 2. The van der Waals surface area contributed by atoms with E-state index in [0.717, 1.165) is 6.42 Å². The third kappa shape index (κ3) is 3.07. The van der Waals surface area contributed by atoms with Gasteiger partial charge in [-0.2, -0.15) is 0 Å². The molecule has 0 fully saturated rings. The molecule has 17 heavy (non-hydrogen) atoms. The lowest BCUT2D eigenvalue weighted by Gasteiger charge is -2.03. The maximum atomic E-state index is 2.18. The van der Waals surface area contributed by atoms with E-state index in [0.29, 0.717) is 0 Å². The number of allylic oxidation sites excluding steroid dienone is 1. The smallest absolute Gasteiger partial charge is 0.0184 e. The van der Waals surface area contributed by atoms with E-state index >= 15 is 0 Å². The minimum absolute atomic E-state index is 1.08. The van der Waals surface area contributed by atoms with E-state index in [1.54, 1.807) is 0 Å². The Morgan fingerprint density at radius 2 is 1.35 bits per heavy atom. The summed E-state index contributed by atoms with van der Waals surface area (Å²) in [5.74, 6) is 0. The van der Waals surface area contributed by atoms with Crippen LogP contribution < -0.4 is 0 Å². The highest BCUT2D eigenvalue weighted by atomic mass is 14.0. The highest BCUT2D eigenvalue weighted by Crippen LogP contribution is 2.20. The summed E-state index contributed by atoms with van der Waals surface area (Å²) in [6.45, 7) is 4.26. The van der Waals surface area contributed by atoms with Crippen LogP contribution in [0.4, 0.5) is 0 Å². The van der Waals surface area contributed by atoms with Gasteiger partial charge in [0.15, 0.2) is 0 Å².